The maximum Gasteiger partial charge on any atom is 0.321 e. The molecule has 0 unspecified atom stereocenters. The van der Waals surface area contributed by atoms with Gasteiger partial charge in [-0.1, -0.05) is 36.4 Å². The summed E-state index contributed by atoms with van der Waals surface area (Å²) < 4.78 is 5.22. The molecule has 150 valence electrons. The highest BCUT2D eigenvalue weighted by molar-refractivity contribution is 8.15. The van der Waals surface area contributed by atoms with Crippen molar-refractivity contribution in [3.8, 4) is 5.75 Å². The van der Waals surface area contributed by atoms with Gasteiger partial charge in [-0.15, -0.1) is 11.8 Å². The Kier molecular flexibility index (Phi) is 5.58. The van der Waals surface area contributed by atoms with Gasteiger partial charge in [0.25, 0.3) is 0 Å². The molecule has 2 amide bonds. The van der Waals surface area contributed by atoms with E-state index in [0.29, 0.717) is 18.8 Å². The van der Waals surface area contributed by atoms with Crippen LogP contribution in [0, 0.1) is 0 Å². The van der Waals surface area contributed by atoms with Crippen LogP contribution in [-0.4, -0.2) is 53.8 Å². The van der Waals surface area contributed by atoms with Crippen LogP contribution in [0.3, 0.4) is 0 Å². The molecule has 0 atom stereocenters. The highest BCUT2D eigenvalue weighted by Crippen LogP contribution is 2.35. The fourth-order valence-electron chi connectivity index (χ4n) is 3.64. The van der Waals surface area contributed by atoms with Gasteiger partial charge >= 0.3 is 6.03 Å². The monoisotopic (exact) mass is 408 g/mol. The van der Waals surface area contributed by atoms with Gasteiger partial charge in [0.1, 0.15) is 10.8 Å². The smallest absolute Gasteiger partial charge is 0.321 e. The van der Waals surface area contributed by atoms with E-state index in [1.165, 1.54) is 0 Å². The van der Waals surface area contributed by atoms with Gasteiger partial charge in [-0.2, -0.15) is 0 Å². The number of hydrogen-bond acceptors (Lipinski definition) is 5. The van der Waals surface area contributed by atoms with Crippen molar-refractivity contribution < 1.29 is 9.53 Å². The number of urea groups is 1. The lowest BCUT2D eigenvalue weighted by Gasteiger charge is -2.35. The van der Waals surface area contributed by atoms with Crippen LogP contribution in [0.4, 0.5) is 10.5 Å². The number of nitrogens with zero attached hydrogens (tertiary/aromatic N) is 3. The molecule has 0 bridgehead atoms. The molecule has 0 aliphatic carbocycles. The Labute approximate surface area is 175 Å². The lowest BCUT2D eigenvalue weighted by molar-refractivity contribution is 0.175. The Morgan fingerprint density at radius 1 is 1.10 bits per heavy atom. The Morgan fingerprint density at radius 2 is 1.86 bits per heavy atom. The van der Waals surface area contributed by atoms with Crippen molar-refractivity contribution in [2.45, 2.75) is 18.5 Å². The van der Waals surface area contributed by atoms with Gasteiger partial charge in [0.15, 0.2) is 5.66 Å². The fraction of sp³-hybridized carbons (Fsp3) is 0.318. The van der Waals surface area contributed by atoms with E-state index >= 15 is 0 Å². The molecule has 1 N–H and O–H groups in total. The second-order valence-corrected chi connectivity index (χ2v) is 7.87. The second-order valence-electron chi connectivity index (χ2n) is 7.08. The molecule has 29 heavy (non-hydrogen) atoms. The second kappa shape index (κ2) is 8.29. The first kappa shape index (κ1) is 19.5. The lowest BCUT2D eigenvalue weighted by atomic mass is 9.98. The summed E-state index contributed by atoms with van der Waals surface area (Å²) in [7, 11) is 1.61. The Hall–Kier alpha value is -2.80. The van der Waals surface area contributed by atoms with Crippen LogP contribution in [-0.2, 0) is 0 Å². The first-order valence-corrected chi connectivity index (χ1v) is 10.8. The number of carbonyl (C=O) groups is 1. The van der Waals surface area contributed by atoms with E-state index in [4.69, 9.17) is 14.7 Å². The van der Waals surface area contributed by atoms with Crippen molar-refractivity contribution in [2.75, 3.05) is 31.8 Å². The van der Waals surface area contributed by atoms with Crippen LogP contribution in [0.15, 0.2) is 64.6 Å². The number of likely N-dealkylation sites (tertiary alicyclic amines) is 1. The van der Waals surface area contributed by atoms with Gasteiger partial charge in [-0.3, -0.25) is 4.99 Å². The molecule has 7 heteroatoms. The molecule has 1 saturated heterocycles. The number of rotatable bonds is 3. The minimum atomic E-state index is -0.448. The van der Waals surface area contributed by atoms with Gasteiger partial charge < -0.3 is 15.0 Å². The molecule has 1 spiro atoms. The lowest BCUT2D eigenvalue weighted by Crippen LogP contribution is -2.46. The number of hydrogen-bond donors (Lipinski definition) is 1. The van der Waals surface area contributed by atoms with Crippen molar-refractivity contribution >= 4 is 34.2 Å². The topological polar surface area (TPSA) is 66.3 Å². The minimum Gasteiger partial charge on any atom is -0.497 e. The summed E-state index contributed by atoms with van der Waals surface area (Å²) in [5.74, 6) is 0.716. The number of aliphatic imine (C=N–C) groups is 2. The zero-order valence-corrected chi connectivity index (χ0v) is 17.4. The number of benzene rings is 2. The largest absolute Gasteiger partial charge is 0.497 e. The first-order chi connectivity index (χ1) is 14.1. The fourth-order valence-corrected chi connectivity index (χ4v) is 4.26. The number of ether oxygens (including phenoxy) is 1. The average molecular weight is 409 g/mol. The average Bonchev–Trinajstić information content (AvgIpc) is 3.13. The van der Waals surface area contributed by atoms with Gasteiger partial charge in [0, 0.05) is 43.2 Å². The van der Waals surface area contributed by atoms with E-state index in [9.17, 15) is 4.79 Å². The van der Waals surface area contributed by atoms with E-state index < -0.39 is 5.66 Å². The van der Waals surface area contributed by atoms with Crippen LogP contribution in [0.1, 0.15) is 18.4 Å². The Balaban J connectivity index is 1.44. The summed E-state index contributed by atoms with van der Waals surface area (Å²) in [5.41, 5.74) is 2.33. The number of piperidine rings is 1. The summed E-state index contributed by atoms with van der Waals surface area (Å²) in [4.78, 5) is 24.5. The van der Waals surface area contributed by atoms with E-state index in [1.807, 2.05) is 53.6 Å². The Bertz CT molecular complexity index is 950. The molecule has 2 heterocycles. The van der Waals surface area contributed by atoms with Crippen molar-refractivity contribution in [2.24, 2.45) is 9.98 Å². The van der Waals surface area contributed by atoms with Crippen molar-refractivity contribution in [1.82, 2.24) is 4.90 Å². The number of nitrogens with one attached hydrogen (secondary N) is 1. The summed E-state index contributed by atoms with van der Waals surface area (Å²) in [6, 6.07) is 17.5. The third-order valence-electron chi connectivity index (χ3n) is 5.25. The number of thioether (sulfide) groups is 1. The summed E-state index contributed by atoms with van der Waals surface area (Å²) in [6.07, 6.45) is 3.48. The Morgan fingerprint density at radius 3 is 2.55 bits per heavy atom. The van der Waals surface area contributed by atoms with E-state index in [1.54, 1.807) is 18.9 Å². The molecule has 6 nitrogen and oxygen atoms in total. The van der Waals surface area contributed by atoms with Crippen molar-refractivity contribution in [1.29, 1.82) is 0 Å². The molecular weight excluding hydrogens is 384 g/mol. The van der Waals surface area contributed by atoms with Crippen LogP contribution in [0.2, 0.25) is 0 Å². The summed E-state index contributed by atoms with van der Waals surface area (Å²) >= 11 is 1.63. The number of anilines is 1. The number of amides is 2. The molecule has 4 rings (SSSR count). The predicted octanol–water partition coefficient (Wildman–Crippen LogP) is 4.28. The molecule has 1 fully saturated rings. The SMILES string of the molecule is COc1cccc(NC(=O)N2CCC3(CC2)N=C(SC)C(c2ccccc2)=N3)c1. The van der Waals surface area contributed by atoms with E-state index in [-0.39, 0.29) is 6.03 Å². The third kappa shape index (κ3) is 4.15. The molecule has 0 aromatic heterocycles. The third-order valence-corrected chi connectivity index (χ3v) is 5.92. The van der Waals surface area contributed by atoms with Crippen molar-refractivity contribution in [3.63, 3.8) is 0 Å². The standard InChI is InChI=1S/C22H24N4O2S/c1-28-18-10-6-9-17(15-18)23-21(27)26-13-11-22(12-14-26)24-19(20(25-22)29-2)16-7-4-3-5-8-16/h3-10,15H,11-14H2,1-2H3,(H,23,27). The van der Waals surface area contributed by atoms with Gasteiger partial charge in [-0.25, -0.2) is 9.79 Å². The predicted molar refractivity (Wildman–Crippen MR) is 119 cm³/mol. The van der Waals surface area contributed by atoms with Crippen LogP contribution < -0.4 is 10.1 Å². The van der Waals surface area contributed by atoms with Gasteiger partial charge in [-0.05, 0) is 18.4 Å². The highest BCUT2D eigenvalue weighted by Gasteiger charge is 2.40. The number of carbonyl (C=O) groups excluding carboxylic acids is 1. The normalized spacial score (nSPS) is 17.7. The van der Waals surface area contributed by atoms with Gasteiger partial charge in [0.2, 0.25) is 0 Å². The molecule has 0 radical (unpaired) electrons. The zero-order chi connectivity index (χ0) is 20.3. The molecule has 2 aliphatic heterocycles. The highest BCUT2D eigenvalue weighted by atomic mass is 32.2. The molecule has 2 aromatic rings. The van der Waals surface area contributed by atoms with E-state index in [0.717, 1.165) is 34.8 Å². The molecule has 2 aliphatic rings. The first-order valence-electron chi connectivity index (χ1n) is 9.62. The van der Waals surface area contributed by atoms with Crippen LogP contribution >= 0.6 is 11.8 Å². The quantitative estimate of drug-likeness (QED) is 0.824. The number of methoxy groups -OCH3 is 1. The molecule has 0 saturated carbocycles. The summed E-state index contributed by atoms with van der Waals surface area (Å²) in [5, 5.41) is 3.93. The maximum atomic E-state index is 12.7. The van der Waals surface area contributed by atoms with E-state index in [2.05, 4.69) is 17.4 Å². The van der Waals surface area contributed by atoms with Gasteiger partial charge in [0.05, 0.1) is 12.8 Å². The summed E-state index contributed by atoms with van der Waals surface area (Å²) in [6.45, 7) is 1.24. The zero-order valence-electron chi connectivity index (χ0n) is 16.6. The van der Waals surface area contributed by atoms with Crippen LogP contribution in [0.5, 0.6) is 5.75 Å². The molecule has 2 aromatic carbocycles. The van der Waals surface area contributed by atoms with Crippen molar-refractivity contribution in [3.05, 3.63) is 60.2 Å². The maximum absolute atomic E-state index is 12.7. The van der Waals surface area contributed by atoms with Crippen LogP contribution in [0.25, 0.3) is 0 Å². The molecular formula is C22H24N4O2S. The minimum absolute atomic E-state index is 0.104.